The number of aromatic amines is 1. The van der Waals surface area contributed by atoms with Crippen LogP contribution in [-0.4, -0.2) is 9.55 Å². The smallest absolute Gasteiger partial charge is 0.120 e. The van der Waals surface area contributed by atoms with E-state index in [4.69, 9.17) is 12.2 Å². The number of hydrogen-bond acceptors (Lipinski definition) is 2. The maximum absolute atomic E-state index is 5.70. The van der Waals surface area contributed by atoms with Crippen molar-refractivity contribution in [1.29, 1.82) is 0 Å². The summed E-state index contributed by atoms with van der Waals surface area (Å²) in [6.07, 6.45) is 5.69. The molecule has 0 aliphatic carbocycles. The Labute approximate surface area is 152 Å². The first kappa shape index (κ1) is 16.0. The Morgan fingerprint density at radius 2 is 2.04 bits per heavy atom. The molecule has 4 rings (SSSR count). The Bertz CT molecular complexity index is 935. The van der Waals surface area contributed by atoms with Gasteiger partial charge < -0.3 is 9.55 Å². The Balaban J connectivity index is 1.95. The van der Waals surface area contributed by atoms with E-state index in [1.165, 1.54) is 51.3 Å². The van der Waals surface area contributed by atoms with Gasteiger partial charge in [-0.2, -0.15) is 0 Å². The molecule has 0 saturated heterocycles. The average molecular weight is 355 g/mol. The Morgan fingerprint density at radius 3 is 2.79 bits per heavy atom. The summed E-state index contributed by atoms with van der Waals surface area (Å²) in [6, 6.07) is 10.8. The molecule has 0 amide bonds. The third-order valence-electron chi connectivity index (χ3n) is 5.01. The fraction of sp³-hybridized carbons (Fsp3) is 0.350. The Kier molecular flexibility index (Phi) is 4.27. The van der Waals surface area contributed by atoms with Gasteiger partial charge in [0.1, 0.15) is 5.65 Å². The van der Waals surface area contributed by atoms with E-state index in [1.807, 2.05) is 24.0 Å². The quantitative estimate of drug-likeness (QED) is 0.546. The van der Waals surface area contributed by atoms with Crippen LogP contribution in [0.1, 0.15) is 43.4 Å². The highest BCUT2D eigenvalue weighted by Gasteiger charge is 2.27. The first-order valence-corrected chi connectivity index (χ1v) is 9.89. The fourth-order valence-electron chi connectivity index (χ4n) is 3.77. The van der Waals surface area contributed by atoms with E-state index in [9.17, 15) is 0 Å². The molecule has 1 unspecified atom stereocenters. The fourth-order valence-corrected chi connectivity index (χ4v) is 5.30. The SMILES string of the molecule is CCC1CCCn2c1c(Sc1ccc(C)cc1)c1c(=S)cc[nH]c12. The summed E-state index contributed by atoms with van der Waals surface area (Å²) in [5.41, 5.74) is 3.98. The average Bonchev–Trinajstić information content (AvgIpc) is 2.92. The van der Waals surface area contributed by atoms with E-state index in [2.05, 4.69) is 47.7 Å². The highest BCUT2D eigenvalue weighted by Crippen LogP contribution is 2.45. The van der Waals surface area contributed by atoms with Crippen molar-refractivity contribution in [2.75, 3.05) is 0 Å². The number of rotatable bonds is 3. The van der Waals surface area contributed by atoms with Gasteiger partial charge in [-0.1, -0.05) is 48.6 Å². The molecule has 0 spiro atoms. The summed E-state index contributed by atoms with van der Waals surface area (Å²) in [6.45, 7) is 5.52. The van der Waals surface area contributed by atoms with Gasteiger partial charge in [0.2, 0.25) is 0 Å². The molecule has 4 heteroatoms. The molecule has 2 aromatic heterocycles. The van der Waals surface area contributed by atoms with Crippen molar-refractivity contribution in [3.8, 4) is 0 Å². The molecule has 24 heavy (non-hydrogen) atoms. The second kappa shape index (κ2) is 6.41. The van der Waals surface area contributed by atoms with Gasteiger partial charge in [0, 0.05) is 39.5 Å². The van der Waals surface area contributed by atoms with Crippen LogP contribution in [0.3, 0.4) is 0 Å². The molecule has 1 aliphatic heterocycles. The van der Waals surface area contributed by atoms with Crippen molar-refractivity contribution in [1.82, 2.24) is 9.55 Å². The molecule has 1 N–H and O–H groups in total. The molecule has 0 radical (unpaired) electrons. The number of nitrogens with one attached hydrogen (secondary N) is 1. The van der Waals surface area contributed by atoms with Crippen molar-refractivity contribution >= 4 is 35.0 Å². The zero-order valence-corrected chi connectivity index (χ0v) is 15.8. The predicted octanol–water partition coefficient (Wildman–Crippen LogP) is 6.45. The van der Waals surface area contributed by atoms with Gasteiger partial charge in [-0.05, 0) is 44.4 Å². The summed E-state index contributed by atoms with van der Waals surface area (Å²) >= 11 is 7.57. The zero-order chi connectivity index (χ0) is 16.7. The molecule has 3 aromatic rings. The minimum absolute atomic E-state index is 0.627. The second-order valence-corrected chi connectivity index (χ2v) is 8.12. The van der Waals surface area contributed by atoms with Gasteiger partial charge >= 0.3 is 0 Å². The first-order valence-electron chi connectivity index (χ1n) is 8.67. The molecule has 1 atom stereocenters. The number of aromatic nitrogens is 2. The minimum atomic E-state index is 0.627. The predicted molar refractivity (Wildman–Crippen MR) is 105 cm³/mol. The monoisotopic (exact) mass is 354 g/mol. The molecule has 0 fully saturated rings. The number of benzene rings is 1. The maximum Gasteiger partial charge on any atom is 0.120 e. The highest BCUT2D eigenvalue weighted by atomic mass is 32.2. The van der Waals surface area contributed by atoms with Crippen LogP contribution in [0.4, 0.5) is 0 Å². The van der Waals surface area contributed by atoms with Crippen LogP contribution in [0.5, 0.6) is 0 Å². The van der Waals surface area contributed by atoms with Crippen LogP contribution >= 0.6 is 24.0 Å². The molecule has 0 bridgehead atoms. The first-order chi connectivity index (χ1) is 11.7. The van der Waals surface area contributed by atoms with Gasteiger partial charge in [-0.15, -0.1) is 0 Å². The lowest BCUT2D eigenvalue weighted by Crippen LogP contribution is -2.15. The lowest BCUT2D eigenvalue weighted by molar-refractivity contribution is 0.445. The van der Waals surface area contributed by atoms with Gasteiger partial charge in [-0.3, -0.25) is 0 Å². The van der Waals surface area contributed by atoms with E-state index in [-0.39, 0.29) is 0 Å². The van der Waals surface area contributed by atoms with E-state index < -0.39 is 0 Å². The van der Waals surface area contributed by atoms with Gasteiger partial charge in [-0.25, -0.2) is 0 Å². The largest absolute Gasteiger partial charge is 0.347 e. The summed E-state index contributed by atoms with van der Waals surface area (Å²) in [7, 11) is 0. The second-order valence-electron chi connectivity index (χ2n) is 6.59. The van der Waals surface area contributed by atoms with Crippen LogP contribution in [0.15, 0.2) is 46.3 Å². The lowest BCUT2D eigenvalue weighted by Gasteiger charge is -2.25. The lowest BCUT2D eigenvalue weighted by atomic mass is 9.93. The summed E-state index contributed by atoms with van der Waals surface area (Å²) < 4.78 is 3.44. The number of H-pyrrole nitrogens is 1. The minimum Gasteiger partial charge on any atom is -0.347 e. The van der Waals surface area contributed by atoms with Gasteiger partial charge in [0.25, 0.3) is 0 Å². The Hall–Kier alpha value is -1.52. The summed E-state index contributed by atoms with van der Waals surface area (Å²) in [5, 5.41) is 1.23. The molecule has 2 nitrogen and oxygen atoms in total. The normalized spacial score (nSPS) is 17.2. The topological polar surface area (TPSA) is 20.7 Å². The summed E-state index contributed by atoms with van der Waals surface area (Å²) in [4.78, 5) is 6.11. The number of fused-ring (bicyclic) bond motifs is 3. The third kappa shape index (κ3) is 2.62. The molecule has 1 aliphatic rings. The van der Waals surface area contributed by atoms with Crippen LogP contribution in [0.2, 0.25) is 0 Å². The van der Waals surface area contributed by atoms with E-state index in [0.717, 1.165) is 11.1 Å². The molecular formula is C20H22N2S2. The van der Waals surface area contributed by atoms with Crippen molar-refractivity contribution < 1.29 is 0 Å². The van der Waals surface area contributed by atoms with E-state index >= 15 is 0 Å². The van der Waals surface area contributed by atoms with Crippen molar-refractivity contribution in [2.24, 2.45) is 0 Å². The number of nitrogens with zero attached hydrogens (tertiary/aromatic N) is 1. The molecule has 1 aromatic carbocycles. The molecular weight excluding hydrogens is 332 g/mol. The van der Waals surface area contributed by atoms with Crippen LogP contribution in [0, 0.1) is 11.4 Å². The number of pyridine rings is 1. The van der Waals surface area contributed by atoms with E-state index in [0.29, 0.717) is 5.92 Å². The number of aryl methyl sites for hydroxylation is 2. The zero-order valence-electron chi connectivity index (χ0n) is 14.1. The third-order valence-corrected chi connectivity index (χ3v) is 6.48. The molecule has 0 saturated carbocycles. The summed E-state index contributed by atoms with van der Waals surface area (Å²) in [5.74, 6) is 0.627. The number of hydrogen-bond donors (Lipinski definition) is 1. The highest BCUT2D eigenvalue weighted by molar-refractivity contribution is 7.99. The van der Waals surface area contributed by atoms with Gasteiger partial charge in [0.15, 0.2) is 0 Å². The van der Waals surface area contributed by atoms with Crippen molar-refractivity contribution in [3.05, 3.63) is 52.3 Å². The molecule has 124 valence electrons. The Morgan fingerprint density at radius 1 is 1.25 bits per heavy atom. The molecule has 3 heterocycles. The van der Waals surface area contributed by atoms with Crippen LogP contribution in [-0.2, 0) is 6.54 Å². The standard InChI is InChI=1S/C20H22N2S2/c1-3-14-5-4-12-22-18(14)19(17-16(23)10-11-21-20(17)22)24-15-8-6-13(2)7-9-15/h6-11,14H,3-5,12H2,1-2H3,(H,21,23). The van der Waals surface area contributed by atoms with Crippen molar-refractivity contribution in [2.45, 2.75) is 55.4 Å². The van der Waals surface area contributed by atoms with E-state index in [1.54, 1.807) is 0 Å². The van der Waals surface area contributed by atoms with Crippen LogP contribution < -0.4 is 0 Å². The van der Waals surface area contributed by atoms with Crippen LogP contribution in [0.25, 0.3) is 11.0 Å². The maximum atomic E-state index is 5.70. The van der Waals surface area contributed by atoms with Crippen molar-refractivity contribution in [3.63, 3.8) is 0 Å². The van der Waals surface area contributed by atoms with Gasteiger partial charge in [0.05, 0.1) is 4.51 Å².